The van der Waals surface area contributed by atoms with Crippen molar-refractivity contribution in [3.63, 3.8) is 0 Å². The molecule has 17 heavy (non-hydrogen) atoms. The van der Waals surface area contributed by atoms with Crippen LogP contribution in [0.15, 0.2) is 36.7 Å². The smallest absolute Gasteiger partial charge is 0.0568 e. The van der Waals surface area contributed by atoms with Crippen LogP contribution in [0.3, 0.4) is 0 Å². The van der Waals surface area contributed by atoms with Gasteiger partial charge in [-0.25, -0.2) is 0 Å². The minimum atomic E-state index is 0. The molecule has 1 aromatic carbocycles. The Balaban J connectivity index is 0.00000144. The van der Waals surface area contributed by atoms with Crippen LogP contribution in [0, 0.1) is 0 Å². The Kier molecular flexibility index (Phi) is 5.19. The van der Waals surface area contributed by atoms with Gasteiger partial charge in [-0.15, -0.1) is 12.4 Å². The van der Waals surface area contributed by atoms with Crippen LogP contribution >= 0.6 is 12.4 Å². The Hall–Kier alpha value is -1.32. The molecule has 2 N–H and O–H groups in total. The Bertz CT molecular complexity index is 465. The second-order valence-electron chi connectivity index (χ2n) is 3.85. The zero-order valence-electron chi connectivity index (χ0n) is 9.97. The largest absolute Gasteiger partial charge is 0.326 e. The molecule has 0 fully saturated rings. The summed E-state index contributed by atoms with van der Waals surface area (Å²) in [6.45, 7) is 3.68. The highest BCUT2D eigenvalue weighted by atomic mass is 35.5. The van der Waals surface area contributed by atoms with Crippen LogP contribution in [0.5, 0.6) is 0 Å². The topological polar surface area (TPSA) is 43.8 Å². The molecule has 0 aliphatic carbocycles. The zero-order chi connectivity index (χ0) is 11.4. The lowest BCUT2D eigenvalue weighted by molar-refractivity contribution is 0.603. The number of hydrogen-bond acceptors (Lipinski definition) is 2. The summed E-state index contributed by atoms with van der Waals surface area (Å²) in [6, 6.07) is 8.20. The van der Waals surface area contributed by atoms with E-state index >= 15 is 0 Å². The zero-order valence-corrected chi connectivity index (χ0v) is 10.8. The minimum absolute atomic E-state index is 0. The van der Waals surface area contributed by atoms with Crippen LogP contribution in [0.1, 0.15) is 18.9 Å². The molecule has 0 saturated carbocycles. The second kappa shape index (κ2) is 6.42. The highest BCUT2D eigenvalue weighted by Crippen LogP contribution is 2.22. The molecule has 2 aromatic rings. The summed E-state index contributed by atoms with van der Waals surface area (Å²) in [5, 5.41) is 4.33. The van der Waals surface area contributed by atoms with Crippen molar-refractivity contribution >= 4 is 12.4 Å². The van der Waals surface area contributed by atoms with Gasteiger partial charge in [0.05, 0.1) is 6.20 Å². The third-order valence-corrected chi connectivity index (χ3v) is 2.63. The van der Waals surface area contributed by atoms with Crippen LogP contribution in [-0.2, 0) is 13.1 Å². The third-order valence-electron chi connectivity index (χ3n) is 2.63. The predicted molar refractivity (Wildman–Crippen MR) is 73.1 cm³/mol. The van der Waals surface area contributed by atoms with Gasteiger partial charge in [-0.1, -0.05) is 31.2 Å². The van der Waals surface area contributed by atoms with Gasteiger partial charge in [0.2, 0.25) is 0 Å². The van der Waals surface area contributed by atoms with Gasteiger partial charge in [0, 0.05) is 24.8 Å². The van der Waals surface area contributed by atoms with Crippen molar-refractivity contribution in [3.8, 4) is 11.1 Å². The summed E-state index contributed by atoms with van der Waals surface area (Å²) < 4.78 is 1.97. The lowest BCUT2D eigenvalue weighted by Crippen LogP contribution is -1.98. The Morgan fingerprint density at radius 3 is 2.76 bits per heavy atom. The lowest BCUT2D eigenvalue weighted by atomic mass is 10.0. The Morgan fingerprint density at radius 1 is 1.29 bits per heavy atom. The van der Waals surface area contributed by atoms with E-state index in [9.17, 15) is 0 Å². The van der Waals surface area contributed by atoms with Crippen LogP contribution in [0.2, 0.25) is 0 Å². The van der Waals surface area contributed by atoms with Gasteiger partial charge in [0.1, 0.15) is 0 Å². The number of aryl methyl sites for hydroxylation is 1. The van der Waals surface area contributed by atoms with Crippen molar-refractivity contribution in [2.45, 2.75) is 26.4 Å². The molecule has 2 rings (SSSR count). The molecule has 4 heteroatoms. The summed E-state index contributed by atoms with van der Waals surface area (Å²) in [6.07, 6.45) is 5.09. The van der Waals surface area contributed by atoms with E-state index in [1.165, 1.54) is 11.1 Å². The van der Waals surface area contributed by atoms with Gasteiger partial charge in [-0.2, -0.15) is 5.10 Å². The first-order valence-corrected chi connectivity index (χ1v) is 5.66. The van der Waals surface area contributed by atoms with Gasteiger partial charge >= 0.3 is 0 Å². The molecule has 1 heterocycles. The average molecular weight is 252 g/mol. The molecule has 92 valence electrons. The van der Waals surface area contributed by atoms with Crippen molar-refractivity contribution in [2.24, 2.45) is 5.73 Å². The molecule has 0 bridgehead atoms. The van der Waals surface area contributed by atoms with Crippen LogP contribution in [-0.4, -0.2) is 9.78 Å². The van der Waals surface area contributed by atoms with Gasteiger partial charge in [-0.3, -0.25) is 4.68 Å². The standard InChI is InChI=1S/C13H17N3.ClH/c1-2-7-16-10-12(9-15-16)13-6-4-3-5-11(13)8-14;/h3-6,9-10H,2,7-8,14H2,1H3;1H. The molecule has 0 spiro atoms. The molecular formula is C13H18ClN3. The highest BCUT2D eigenvalue weighted by Gasteiger charge is 2.05. The van der Waals surface area contributed by atoms with Crippen LogP contribution < -0.4 is 5.73 Å². The Morgan fingerprint density at radius 2 is 2.06 bits per heavy atom. The predicted octanol–water partition coefficient (Wildman–Crippen LogP) is 2.84. The summed E-state index contributed by atoms with van der Waals surface area (Å²) >= 11 is 0. The Labute approximate surface area is 108 Å². The van der Waals surface area contributed by atoms with E-state index in [-0.39, 0.29) is 12.4 Å². The maximum Gasteiger partial charge on any atom is 0.0568 e. The van der Waals surface area contributed by atoms with Gasteiger partial charge < -0.3 is 5.73 Å². The van der Waals surface area contributed by atoms with E-state index in [1.54, 1.807) is 0 Å². The van der Waals surface area contributed by atoms with Crippen LogP contribution in [0.4, 0.5) is 0 Å². The summed E-state index contributed by atoms with van der Waals surface area (Å²) in [7, 11) is 0. The summed E-state index contributed by atoms with van der Waals surface area (Å²) in [5.74, 6) is 0. The van der Waals surface area contributed by atoms with E-state index in [2.05, 4.69) is 30.4 Å². The van der Waals surface area contributed by atoms with E-state index < -0.39 is 0 Å². The number of hydrogen-bond donors (Lipinski definition) is 1. The number of nitrogens with zero attached hydrogens (tertiary/aromatic N) is 2. The van der Waals surface area contributed by atoms with E-state index in [0.29, 0.717) is 6.54 Å². The quantitative estimate of drug-likeness (QED) is 0.908. The maximum atomic E-state index is 5.73. The van der Waals surface area contributed by atoms with Crippen molar-refractivity contribution in [1.29, 1.82) is 0 Å². The monoisotopic (exact) mass is 251 g/mol. The van der Waals surface area contributed by atoms with Gasteiger partial charge in [0.25, 0.3) is 0 Å². The molecule has 0 aliphatic rings. The molecule has 0 aliphatic heterocycles. The molecule has 0 radical (unpaired) electrons. The van der Waals surface area contributed by atoms with E-state index in [0.717, 1.165) is 18.5 Å². The third kappa shape index (κ3) is 3.08. The minimum Gasteiger partial charge on any atom is -0.326 e. The van der Waals surface area contributed by atoms with Gasteiger partial charge in [-0.05, 0) is 17.5 Å². The fraction of sp³-hybridized carbons (Fsp3) is 0.308. The molecular weight excluding hydrogens is 234 g/mol. The maximum absolute atomic E-state index is 5.73. The first kappa shape index (κ1) is 13.7. The first-order valence-electron chi connectivity index (χ1n) is 5.66. The summed E-state index contributed by atoms with van der Waals surface area (Å²) in [4.78, 5) is 0. The lowest BCUT2D eigenvalue weighted by Gasteiger charge is -2.04. The summed E-state index contributed by atoms with van der Waals surface area (Å²) in [5.41, 5.74) is 9.23. The highest BCUT2D eigenvalue weighted by molar-refractivity contribution is 5.85. The van der Waals surface area contributed by atoms with Gasteiger partial charge in [0.15, 0.2) is 0 Å². The van der Waals surface area contributed by atoms with Crippen molar-refractivity contribution in [3.05, 3.63) is 42.2 Å². The normalized spacial score (nSPS) is 10.0. The average Bonchev–Trinajstić information content (AvgIpc) is 2.78. The van der Waals surface area contributed by atoms with Crippen molar-refractivity contribution in [1.82, 2.24) is 9.78 Å². The SMILES string of the molecule is CCCn1cc(-c2ccccc2CN)cn1.Cl. The number of nitrogens with two attached hydrogens (primary N) is 1. The fourth-order valence-electron chi connectivity index (χ4n) is 1.83. The molecule has 0 saturated heterocycles. The van der Waals surface area contributed by atoms with Crippen molar-refractivity contribution < 1.29 is 0 Å². The number of halogens is 1. The number of aromatic nitrogens is 2. The molecule has 0 atom stereocenters. The number of benzene rings is 1. The van der Waals surface area contributed by atoms with E-state index in [1.807, 2.05) is 23.0 Å². The second-order valence-corrected chi connectivity index (χ2v) is 3.85. The van der Waals surface area contributed by atoms with E-state index in [4.69, 9.17) is 5.73 Å². The fourth-order valence-corrected chi connectivity index (χ4v) is 1.83. The molecule has 0 amide bonds. The molecule has 1 aromatic heterocycles. The first-order chi connectivity index (χ1) is 7.85. The van der Waals surface area contributed by atoms with Crippen molar-refractivity contribution in [2.75, 3.05) is 0 Å². The van der Waals surface area contributed by atoms with Crippen LogP contribution in [0.25, 0.3) is 11.1 Å². The number of rotatable bonds is 4. The molecule has 0 unspecified atom stereocenters. The molecule has 3 nitrogen and oxygen atoms in total.